The van der Waals surface area contributed by atoms with Gasteiger partial charge in [-0.25, -0.2) is 4.79 Å². The van der Waals surface area contributed by atoms with Crippen LogP contribution in [-0.2, 0) is 4.74 Å². The zero-order valence-electron chi connectivity index (χ0n) is 10.7. The molecule has 1 amide bonds. The Morgan fingerprint density at radius 2 is 2.16 bits per heavy atom. The van der Waals surface area contributed by atoms with Gasteiger partial charge in [0.2, 0.25) is 0 Å². The molecule has 6 nitrogen and oxygen atoms in total. The molecule has 0 radical (unpaired) electrons. The van der Waals surface area contributed by atoms with Gasteiger partial charge < -0.3 is 24.6 Å². The Hall–Kier alpha value is -1.95. The number of alkyl carbamates (subject to hydrolysis) is 1. The number of hydrogen-bond acceptors (Lipinski definition) is 5. The lowest BCUT2D eigenvalue weighted by Gasteiger charge is -2.21. The largest absolute Gasteiger partial charge is 0.486 e. The quantitative estimate of drug-likeness (QED) is 0.858. The summed E-state index contributed by atoms with van der Waals surface area (Å²) in [4.78, 5) is 11.4. The molecule has 1 atom stereocenters. The van der Waals surface area contributed by atoms with Gasteiger partial charge in [0.1, 0.15) is 19.8 Å². The molecule has 1 unspecified atom stereocenters. The molecular formula is C13H17NO5. The molecule has 6 heteroatoms. The molecule has 1 aliphatic rings. The molecule has 0 bridgehead atoms. The highest BCUT2D eigenvalue weighted by molar-refractivity contribution is 5.68. The maximum absolute atomic E-state index is 11.4. The van der Waals surface area contributed by atoms with E-state index in [4.69, 9.17) is 19.3 Å². The van der Waals surface area contributed by atoms with Gasteiger partial charge in [-0.2, -0.15) is 0 Å². The van der Waals surface area contributed by atoms with Crippen molar-refractivity contribution in [3.63, 3.8) is 0 Å². The number of fused-ring (bicyclic) bond motifs is 1. The lowest BCUT2D eigenvalue weighted by Crippen LogP contribution is -2.28. The van der Waals surface area contributed by atoms with Gasteiger partial charge in [0.05, 0.1) is 12.6 Å². The predicted octanol–water partition coefficient (Wildman–Crippen LogP) is 1.24. The van der Waals surface area contributed by atoms with Crippen LogP contribution in [0, 0.1) is 0 Å². The lowest BCUT2D eigenvalue weighted by atomic mass is 10.1. The van der Waals surface area contributed by atoms with Crippen molar-refractivity contribution in [3.05, 3.63) is 23.8 Å². The van der Waals surface area contributed by atoms with Gasteiger partial charge in [0, 0.05) is 0 Å². The second-order valence-electron chi connectivity index (χ2n) is 4.13. The minimum Gasteiger partial charge on any atom is -0.486 e. The van der Waals surface area contributed by atoms with Crippen molar-refractivity contribution < 1.29 is 24.1 Å². The normalized spacial score (nSPS) is 14.6. The second kappa shape index (κ2) is 6.29. The SMILES string of the molecule is CC(NC(=O)OCCO)c1ccc2c(c1)OCCO2. The van der Waals surface area contributed by atoms with Crippen molar-refractivity contribution in [2.75, 3.05) is 26.4 Å². The molecule has 1 aliphatic heterocycles. The number of carbonyl (C=O) groups is 1. The molecule has 1 heterocycles. The Labute approximate surface area is 111 Å². The first kappa shape index (κ1) is 13.5. The summed E-state index contributed by atoms with van der Waals surface area (Å²) < 4.78 is 15.6. The van der Waals surface area contributed by atoms with Crippen LogP contribution in [0.25, 0.3) is 0 Å². The molecule has 1 aromatic carbocycles. The predicted molar refractivity (Wildman–Crippen MR) is 67.4 cm³/mol. The maximum Gasteiger partial charge on any atom is 0.407 e. The standard InChI is InChI=1S/C13H17NO5/c1-9(14-13(16)19-5-4-15)10-2-3-11-12(8-10)18-7-6-17-11/h2-3,8-9,15H,4-7H2,1H3,(H,14,16). The summed E-state index contributed by atoms with van der Waals surface area (Å²) in [5.41, 5.74) is 0.894. The van der Waals surface area contributed by atoms with Gasteiger partial charge in [-0.05, 0) is 24.6 Å². The third-order valence-corrected chi connectivity index (χ3v) is 2.73. The van der Waals surface area contributed by atoms with Crippen LogP contribution in [0.15, 0.2) is 18.2 Å². The van der Waals surface area contributed by atoms with Crippen molar-refractivity contribution >= 4 is 6.09 Å². The molecule has 1 aromatic rings. The van der Waals surface area contributed by atoms with Crippen LogP contribution in [0.4, 0.5) is 4.79 Å². The van der Waals surface area contributed by atoms with Crippen LogP contribution in [-0.4, -0.2) is 37.6 Å². The van der Waals surface area contributed by atoms with Crippen molar-refractivity contribution in [2.24, 2.45) is 0 Å². The summed E-state index contributed by atoms with van der Waals surface area (Å²) in [6.45, 7) is 2.71. The molecule has 0 saturated heterocycles. The van der Waals surface area contributed by atoms with Crippen LogP contribution in [0.3, 0.4) is 0 Å². The number of benzene rings is 1. The minimum absolute atomic E-state index is 0.0142. The minimum atomic E-state index is -0.559. The molecule has 104 valence electrons. The summed E-state index contributed by atoms with van der Waals surface area (Å²) in [6.07, 6.45) is -0.559. The first-order valence-electron chi connectivity index (χ1n) is 6.14. The number of hydrogen-bond donors (Lipinski definition) is 2. The van der Waals surface area contributed by atoms with Gasteiger partial charge in [-0.3, -0.25) is 0 Å². The number of amides is 1. The third-order valence-electron chi connectivity index (χ3n) is 2.73. The van der Waals surface area contributed by atoms with Gasteiger partial charge >= 0.3 is 6.09 Å². The zero-order chi connectivity index (χ0) is 13.7. The Morgan fingerprint density at radius 1 is 1.42 bits per heavy atom. The number of aliphatic hydroxyl groups excluding tert-OH is 1. The van der Waals surface area contributed by atoms with E-state index in [1.54, 1.807) is 0 Å². The number of nitrogens with one attached hydrogen (secondary N) is 1. The third kappa shape index (κ3) is 3.51. The van der Waals surface area contributed by atoms with Crippen molar-refractivity contribution in [1.82, 2.24) is 5.32 Å². The number of ether oxygens (including phenoxy) is 3. The monoisotopic (exact) mass is 267 g/mol. The van der Waals surface area contributed by atoms with Crippen LogP contribution in [0.5, 0.6) is 11.5 Å². The highest BCUT2D eigenvalue weighted by Gasteiger charge is 2.16. The van der Waals surface area contributed by atoms with E-state index in [0.717, 1.165) is 5.56 Å². The summed E-state index contributed by atoms with van der Waals surface area (Å²) in [7, 11) is 0. The van der Waals surface area contributed by atoms with E-state index in [0.29, 0.717) is 24.7 Å². The Morgan fingerprint density at radius 3 is 2.89 bits per heavy atom. The molecule has 2 rings (SSSR count). The molecule has 0 saturated carbocycles. The van der Waals surface area contributed by atoms with Crippen molar-refractivity contribution in [2.45, 2.75) is 13.0 Å². The van der Waals surface area contributed by atoms with E-state index in [2.05, 4.69) is 5.32 Å². The molecule has 0 spiro atoms. The average molecular weight is 267 g/mol. The number of aliphatic hydroxyl groups is 1. The van der Waals surface area contributed by atoms with E-state index in [1.807, 2.05) is 25.1 Å². The Balaban J connectivity index is 1.99. The molecule has 19 heavy (non-hydrogen) atoms. The zero-order valence-corrected chi connectivity index (χ0v) is 10.7. The molecular weight excluding hydrogens is 250 g/mol. The van der Waals surface area contributed by atoms with E-state index in [-0.39, 0.29) is 19.3 Å². The van der Waals surface area contributed by atoms with Gasteiger partial charge in [-0.1, -0.05) is 6.07 Å². The molecule has 2 N–H and O–H groups in total. The fourth-order valence-electron chi connectivity index (χ4n) is 1.77. The molecule has 0 aromatic heterocycles. The van der Waals surface area contributed by atoms with E-state index < -0.39 is 6.09 Å². The van der Waals surface area contributed by atoms with Crippen LogP contribution in [0.2, 0.25) is 0 Å². The van der Waals surface area contributed by atoms with Gasteiger partial charge in [0.15, 0.2) is 11.5 Å². The summed E-state index contributed by atoms with van der Waals surface area (Å²) in [5.74, 6) is 1.39. The summed E-state index contributed by atoms with van der Waals surface area (Å²) in [5, 5.41) is 11.2. The molecule has 0 aliphatic carbocycles. The van der Waals surface area contributed by atoms with E-state index >= 15 is 0 Å². The van der Waals surface area contributed by atoms with Crippen molar-refractivity contribution in [3.8, 4) is 11.5 Å². The van der Waals surface area contributed by atoms with Crippen LogP contribution < -0.4 is 14.8 Å². The van der Waals surface area contributed by atoms with E-state index in [1.165, 1.54) is 0 Å². The van der Waals surface area contributed by atoms with Crippen LogP contribution in [0.1, 0.15) is 18.5 Å². The maximum atomic E-state index is 11.4. The Kier molecular flexibility index (Phi) is 4.46. The summed E-state index contributed by atoms with van der Waals surface area (Å²) in [6, 6.07) is 5.30. The van der Waals surface area contributed by atoms with E-state index in [9.17, 15) is 4.79 Å². The van der Waals surface area contributed by atoms with Gasteiger partial charge in [-0.15, -0.1) is 0 Å². The second-order valence-corrected chi connectivity index (χ2v) is 4.13. The van der Waals surface area contributed by atoms with Gasteiger partial charge in [0.25, 0.3) is 0 Å². The highest BCUT2D eigenvalue weighted by atomic mass is 16.6. The smallest absolute Gasteiger partial charge is 0.407 e. The topological polar surface area (TPSA) is 77.0 Å². The lowest BCUT2D eigenvalue weighted by molar-refractivity contribution is 0.116. The number of carbonyl (C=O) groups excluding carboxylic acids is 1. The first-order valence-corrected chi connectivity index (χ1v) is 6.14. The van der Waals surface area contributed by atoms with Crippen molar-refractivity contribution in [1.29, 1.82) is 0 Å². The van der Waals surface area contributed by atoms with Crippen LogP contribution >= 0.6 is 0 Å². The summed E-state index contributed by atoms with van der Waals surface area (Å²) >= 11 is 0. The Bertz CT molecular complexity index is 449. The fourth-order valence-corrected chi connectivity index (χ4v) is 1.77. The number of rotatable bonds is 4. The molecule has 0 fully saturated rings. The average Bonchev–Trinajstić information content (AvgIpc) is 2.44. The fraction of sp³-hybridized carbons (Fsp3) is 0.462. The highest BCUT2D eigenvalue weighted by Crippen LogP contribution is 2.32. The first-order chi connectivity index (χ1) is 9.20.